The van der Waals surface area contributed by atoms with E-state index in [1.165, 1.54) is 116 Å². The summed E-state index contributed by atoms with van der Waals surface area (Å²) < 4.78 is 15.3. The number of nitrogens with zero attached hydrogens (tertiary/aromatic N) is 6. The largest absolute Gasteiger partial charge is 0.317 e. The van der Waals surface area contributed by atoms with Gasteiger partial charge in [0, 0.05) is 84.2 Å². The van der Waals surface area contributed by atoms with Crippen molar-refractivity contribution in [3.8, 4) is 34.1 Å². The van der Waals surface area contributed by atoms with Crippen LogP contribution in [0.5, 0.6) is 0 Å². The van der Waals surface area contributed by atoms with E-state index in [1.807, 2.05) is 0 Å². The van der Waals surface area contributed by atoms with Crippen LogP contribution in [-0.2, 0) is 16.2 Å². The Hall–Kier alpha value is -8.22. The van der Waals surface area contributed by atoms with Gasteiger partial charge < -0.3 is 27.4 Å². The van der Waals surface area contributed by atoms with Gasteiger partial charge in [-0.15, -0.1) is 0 Å². The number of rotatable bonds is 4. The maximum absolute atomic E-state index is 2.61. The highest BCUT2D eigenvalue weighted by molar-refractivity contribution is 6.14. The number of hydrogen-bond donors (Lipinski definition) is 0. The van der Waals surface area contributed by atoms with Crippen molar-refractivity contribution < 1.29 is 0 Å². The molecular weight excluding hydrogens is 853 g/mol. The fourth-order valence-electron chi connectivity index (χ4n) is 14.2. The van der Waals surface area contributed by atoms with Crippen LogP contribution in [0.15, 0.2) is 182 Å². The van der Waals surface area contributed by atoms with E-state index in [0.717, 1.165) is 23.5 Å². The molecule has 0 amide bonds. The van der Waals surface area contributed by atoms with E-state index < -0.39 is 0 Å². The molecule has 0 saturated heterocycles. The number of hydrogen-bond acceptors (Lipinski definition) is 0. The SMILES string of the molecule is CCC1(C)c2ccccc2-n2cc3c4ccccc4n(-c4cc(-n5c6ccccc6c6cn7c(c65)C(C)(C)c5ccccc5-7)cc(-n5c6ccccc6c6cn7c(c65)C(C)(C)c5ccccc5-7)c4)c3c21. The molecule has 70 heavy (non-hydrogen) atoms. The predicted octanol–water partition coefficient (Wildman–Crippen LogP) is 15.7. The van der Waals surface area contributed by atoms with Crippen LogP contribution in [0.25, 0.3) is 99.5 Å². The second-order valence-electron chi connectivity index (χ2n) is 21.6. The van der Waals surface area contributed by atoms with Crippen molar-refractivity contribution in [1.29, 1.82) is 0 Å². The van der Waals surface area contributed by atoms with Crippen molar-refractivity contribution in [2.45, 2.75) is 64.2 Å². The molecule has 0 aliphatic carbocycles. The summed E-state index contributed by atoms with van der Waals surface area (Å²) in [6.45, 7) is 14.4. The average Bonchev–Trinajstić information content (AvgIpc) is 4.27. The molecule has 0 bridgehead atoms. The third-order valence-corrected chi connectivity index (χ3v) is 17.4. The van der Waals surface area contributed by atoms with Crippen molar-refractivity contribution in [2.24, 2.45) is 0 Å². The highest BCUT2D eigenvalue weighted by atomic mass is 15.1. The molecule has 0 saturated carbocycles. The zero-order valence-corrected chi connectivity index (χ0v) is 40.2. The zero-order valence-electron chi connectivity index (χ0n) is 40.2. The second kappa shape index (κ2) is 12.7. The van der Waals surface area contributed by atoms with Gasteiger partial charge in [-0.3, -0.25) is 0 Å². The van der Waals surface area contributed by atoms with Gasteiger partial charge in [0.05, 0.1) is 67.2 Å². The molecule has 6 aromatic heterocycles. The first-order valence-electron chi connectivity index (χ1n) is 25.0. The number of benzene rings is 7. The first kappa shape index (κ1) is 38.7. The summed E-state index contributed by atoms with van der Waals surface area (Å²) in [5, 5.41) is 7.61. The summed E-state index contributed by atoms with van der Waals surface area (Å²) in [4.78, 5) is 0. The van der Waals surface area contributed by atoms with Crippen molar-refractivity contribution in [3.63, 3.8) is 0 Å². The van der Waals surface area contributed by atoms with Crippen molar-refractivity contribution in [1.82, 2.24) is 27.4 Å². The van der Waals surface area contributed by atoms with Gasteiger partial charge >= 0.3 is 0 Å². The molecule has 1 unspecified atom stereocenters. The maximum atomic E-state index is 2.61. The Balaban J connectivity index is 1.08. The Morgan fingerprint density at radius 2 is 0.657 bits per heavy atom. The van der Waals surface area contributed by atoms with Crippen LogP contribution in [0, 0.1) is 0 Å². The van der Waals surface area contributed by atoms with Gasteiger partial charge in [-0.05, 0) is 84.6 Å². The van der Waals surface area contributed by atoms with Gasteiger partial charge in [-0.1, -0.05) is 144 Å². The Morgan fingerprint density at radius 1 is 0.343 bits per heavy atom. The van der Waals surface area contributed by atoms with Crippen LogP contribution in [0.2, 0.25) is 0 Å². The first-order valence-corrected chi connectivity index (χ1v) is 25.0. The molecular formula is C64H50N6. The van der Waals surface area contributed by atoms with Gasteiger partial charge in [0.15, 0.2) is 0 Å². The second-order valence-corrected chi connectivity index (χ2v) is 21.6. The van der Waals surface area contributed by atoms with Gasteiger partial charge in [-0.2, -0.15) is 0 Å². The van der Waals surface area contributed by atoms with Crippen LogP contribution in [-0.4, -0.2) is 27.4 Å². The molecule has 9 heterocycles. The molecule has 6 heteroatoms. The van der Waals surface area contributed by atoms with Crippen LogP contribution in [0.4, 0.5) is 0 Å². The lowest BCUT2D eigenvalue weighted by Gasteiger charge is -2.25. The number of para-hydroxylation sites is 6. The van der Waals surface area contributed by atoms with Gasteiger partial charge in [0.1, 0.15) is 0 Å². The molecule has 7 aromatic carbocycles. The molecule has 13 aromatic rings. The molecule has 0 radical (unpaired) electrons. The van der Waals surface area contributed by atoms with Crippen LogP contribution < -0.4 is 0 Å². The normalized spacial score (nSPS) is 17.1. The third kappa shape index (κ3) is 4.40. The molecule has 16 rings (SSSR count). The highest BCUT2D eigenvalue weighted by Gasteiger charge is 2.44. The van der Waals surface area contributed by atoms with E-state index in [0.29, 0.717) is 0 Å². The van der Waals surface area contributed by atoms with E-state index in [1.54, 1.807) is 0 Å². The van der Waals surface area contributed by atoms with Gasteiger partial charge in [-0.25, -0.2) is 0 Å². The summed E-state index contributed by atoms with van der Waals surface area (Å²) >= 11 is 0. The zero-order chi connectivity index (χ0) is 46.7. The fourth-order valence-corrected chi connectivity index (χ4v) is 14.2. The lowest BCUT2D eigenvalue weighted by molar-refractivity contribution is 0.555. The standard InChI is InChI=1S/C64H50N6/c1-7-64(6)49-25-13-19-31-55(49)67-37-46-43-22-10-16-28-52(43)70(58(46)61(64)67)40-33-38(68-50-26-14-8-20-41(50)44-35-65-53-29-17-11-23-47(53)62(2,3)59(65)56(44)68)32-39(34-40)69-51-27-15-9-21-42(51)45-36-66-54-30-18-12-24-48(54)63(4,5)60(66)57(45)69/h8-37H,7H2,1-6H3. The smallest absolute Gasteiger partial charge is 0.0763 e. The third-order valence-electron chi connectivity index (χ3n) is 17.4. The van der Waals surface area contributed by atoms with Crippen LogP contribution >= 0.6 is 0 Å². The summed E-state index contributed by atoms with van der Waals surface area (Å²) in [7, 11) is 0. The minimum Gasteiger partial charge on any atom is -0.317 e. The van der Waals surface area contributed by atoms with Crippen LogP contribution in [0.3, 0.4) is 0 Å². The molecule has 0 spiro atoms. The molecule has 3 aliphatic heterocycles. The van der Waals surface area contributed by atoms with Crippen molar-refractivity contribution >= 4 is 65.4 Å². The molecule has 1 atom stereocenters. The lowest BCUT2D eigenvalue weighted by Crippen LogP contribution is -2.20. The number of aromatic nitrogens is 6. The molecule has 6 nitrogen and oxygen atoms in total. The monoisotopic (exact) mass is 902 g/mol. The van der Waals surface area contributed by atoms with Crippen molar-refractivity contribution in [3.05, 3.63) is 216 Å². The molecule has 0 N–H and O–H groups in total. The van der Waals surface area contributed by atoms with Gasteiger partial charge in [0.2, 0.25) is 0 Å². The van der Waals surface area contributed by atoms with E-state index in [-0.39, 0.29) is 16.2 Å². The van der Waals surface area contributed by atoms with Crippen LogP contribution in [0.1, 0.15) is 81.7 Å². The minimum absolute atomic E-state index is 0.197. The summed E-state index contributed by atoms with van der Waals surface area (Å²) in [5.74, 6) is 0. The Bertz CT molecular complexity index is 4290. The van der Waals surface area contributed by atoms with Crippen molar-refractivity contribution in [2.75, 3.05) is 0 Å². The highest BCUT2D eigenvalue weighted by Crippen LogP contribution is 2.54. The molecule has 0 fully saturated rings. The van der Waals surface area contributed by atoms with E-state index in [2.05, 4.69) is 251 Å². The number of fused-ring (bicyclic) bond motifs is 21. The average molecular weight is 903 g/mol. The Labute approximate surface area is 405 Å². The topological polar surface area (TPSA) is 29.6 Å². The fraction of sp³-hybridized carbons (Fsp3) is 0.156. The predicted molar refractivity (Wildman–Crippen MR) is 288 cm³/mol. The molecule has 3 aliphatic rings. The van der Waals surface area contributed by atoms with E-state index in [4.69, 9.17) is 0 Å². The lowest BCUT2D eigenvalue weighted by atomic mass is 9.78. The maximum Gasteiger partial charge on any atom is 0.0763 e. The summed E-state index contributed by atoms with van der Waals surface area (Å²) in [5.41, 5.74) is 22.0. The van der Waals surface area contributed by atoms with E-state index >= 15 is 0 Å². The van der Waals surface area contributed by atoms with E-state index in [9.17, 15) is 0 Å². The Kier molecular flexibility index (Phi) is 7.02. The summed E-state index contributed by atoms with van der Waals surface area (Å²) in [6, 6.07) is 61.7. The minimum atomic E-state index is -0.239. The molecule has 336 valence electrons. The Morgan fingerprint density at radius 3 is 1.06 bits per heavy atom. The summed E-state index contributed by atoms with van der Waals surface area (Å²) in [6.07, 6.45) is 8.22. The quantitative estimate of drug-likeness (QED) is 0.168. The first-order chi connectivity index (χ1) is 34.1. The van der Waals surface area contributed by atoms with Gasteiger partial charge in [0.25, 0.3) is 0 Å².